The molecule has 5 nitrogen and oxygen atoms in total. The predicted octanol–water partition coefficient (Wildman–Crippen LogP) is 0.320. The van der Waals surface area contributed by atoms with Gasteiger partial charge in [-0.25, -0.2) is 4.79 Å². The smallest absolute Gasteiger partial charge is 0.356 e. The third-order valence-corrected chi connectivity index (χ3v) is 3.30. The first-order valence-electron chi connectivity index (χ1n) is 5.86. The van der Waals surface area contributed by atoms with E-state index in [0.717, 1.165) is 31.6 Å². The number of rotatable bonds is 3. The molecule has 6 heteroatoms. The van der Waals surface area contributed by atoms with Gasteiger partial charge in [-0.2, -0.15) is 0 Å². The number of nitrogens with two attached hydrogens (primary N) is 1. The number of fused-ring (bicyclic) bond motifs is 2. The van der Waals surface area contributed by atoms with Gasteiger partial charge in [-0.15, -0.1) is 0 Å². The van der Waals surface area contributed by atoms with Gasteiger partial charge in [-0.05, 0) is 32.0 Å². The fourth-order valence-corrected chi connectivity index (χ4v) is 2.60. The molecule has 3 heterocycles. The molecule has 0 spiro atoms. The van der Waals surface area contributed by atoms with Crippen LogP contribution in [0.1, 0.15) is 19.8 Å². The quantitative estimate of drug-likeness (QED) is 0.559. The highest BCUT2D eigenvalue weighted by Gasteiger charge is 2.37. The van der Waals surface area contributed by atoms with Crippen LogP contribution in [-0.4, -0.2) is 35.7 Å². The van der Waals surface area contributed by atoms with Crippen molar-refractivity contribution in [3.05, 3.63) is 11.4 Å². The van der Waals surface area contributed by atoms with Gasteiger partial charge in [0.05, 0.1) is 12.3 Å². The molecule has 0 aromatic heterocycles. The van der Waals surface area contributed by atoms with Gasteiger partial charge in [-0.1, -0.05) is 0 Å². The molecule has 1 fully saturated rings. The number of nitrogens with one attached hydrogen (secondary N) is 1. The standard InChI is InChI=1S/C11H17N3O2S/c1-2-16-10(15)9-8(13-11(12)17)7-3-5-14(9)6-4-7/h7H,2-6H2,1H3,(H3,12,13,17). The molecule has 3 rings (SSSR count). The van der Waals surface area contributed by atoms with E-state index in [1.54, 1.807) is 6.92 Å². The van der Waals surface area contributed by atoms with Crippen LogP contribution in [0.3, 0.4) is 0 Å². The van der Waals surface area contributed by atoms with Crippen molar-refractivity contribution in [2.24, 2.45) is 11.7 Å². The molecule has 0 radical (unpaired) electrons. The van der Waals surface area contributed by atoms with E-state index in [-0.39, 0.29) is 11.1 Å². The van der Waals surface area contributed by atoms with Gasteiger partial charge in [-0.3, -0.25) is 0 Å². The summed E-state index contributed by atoms with van der Waals surface area (Å²) < 4.78 is 5.08. The Morgan fingerprint density at radius 2 is 2.24 bits per heavy atom. The highest BCUT2D eigenvalue weighted by atomic mass is 32.1. The van der Waals surface area contributed by atoms with E-state index < -0.39 is 0 Å². The summed E-state index contributed by atoms with van der Waals surface area (Å²) in [6.45, 7) is 3.99. The topological polar surface area (TPSA) is 67.6 Å². The highest BCUT2D eigenvalue weighted by Crippen LogP contribution is 2.34. The zero-order valence-electron chi connectivity index (χ0n) is 9.86. The average molecular weight is 255 g/mol. The number of hydrogen-bond acceptors (Lipinski definition) is 4. The fraction of sp³-hybridized carbons (Fsp3) is 0.636. The summed E-state index contributed by atoms with van der Waals surface area (Å²) in [5, 5.41) is 3.15. The molecule has 17 heavy (non-hydrogen) atoms. The first-order valence-corrected chi connectivity index (χ1v) is 6.27. The van der Waals surface area contributed by atoms with Crippen LogP contribution in [0.4, 0.5) is 0 Å². The maximum Gasteiger partial charge on any atom is 0.356 e. The number of nitrogens with zero attached hydrogens (tertiary/aromatic N) is 1. The maximum atomic E-state index is 11.9. The number of piperidine rings is 1. The van der Waals surface area contributed by atoms with Crippen LogP contribution in [0, 0.1) is 5.92 Å². The molecule has 3 aliphatic rings. The average Bonchev–Trinajstić information content (AvgIpc) is 2.29. The van der Waals surface area contributed by atoms with Crippen LogP contribution in [-0.2, 0) is 9.53 Å². The maximum absolute atomic E-state index is 11.9. The number of esters is 1. The molecule has 0 aromatic rings. The molecule has 3 N–H and O–H groups in total. The molecular weight excluding hydrogens is 238 g/mol. The lowest BCUT2D eigenvalue weighted by molar-refractivity contribution is -0.141. The molecule has 0 amide bonds. The van der Waals surface area contributed by atoms with Crippen LogP contribution < -0.4 is 11.1 Å². The summed E-state index contributed by atoms with van der Waals surface area (Å²) in [6, 6.07) is 0. The summed E-state index contributed by atoms with van der Waals surface area (Å²) in [6.07, 6.45) is 2.07. The first kappa shape index (κ1) is 12.2. The number of allylic oxidation sites excluding steroid dienone is 1. The van der Waals surface area contributed by atoms with Crippen molar-refractivity contribution in [3.8, 4) is 0 Å². The minimum atomic E-state index is -0.282. The molecule has 94 valence electrons. The Morgan fingerprint density at radius 3 is 2.76 bits per heavy atom. The molecule has 0 aromatic carbocycles. The van der Waals surface area contributed by atoms with E-state index in [0.29, 0.717) is 18.2 Å². The Labute approximate surface area is 106 Å². The zero-order chi connectivity index (χ0) is 12.4. The molecule has 2 bridgehead atoms. The lowest BCUT2D eigenvalue weighted by Crippen LogP contribution is -2.48. The molecule has 0 unspecified atom stereocenters. The van der Waals surface area contributed by atoms with E-state index in [9.17, 15) is 4.79 Å². The molecule has 1 saturated heterocycles. The van der Waals surface area contributed by atoms with Gasteiger partial charge in [0.2, 0.25) is 0 Å². The summed E-state index contributed by atoms with van der Waals surface area (Å²) in [5.74, 6) is 0.0663. The SMILES string of the molecule is CCOC(=O)C1=C(NC(N)=S)C2CCN1CC2. The molecular formula is C11H17N3O2S. The second kappa shape index (κ2) is 4.91. The third-order valence-electron chi connectivity index (χ3n) is 3.20. The van der Waals surface area contributed by atoms with Crippen LogP contribution >= 0.6 is 12.2 Å². The van der Waals surface area contributed by atoms with Crippen LogP contribution in [0.15, 0.2) is 11.4 Å². The number of thiocarbonyl (C=S) groups is 1. The monoisotopic (exact) mass is 255 g/mol. The van der Waals surface area contributed by atoms with Crippen molar-refractivity contribution in [1.29, 1.82) is 0 Å². The number of carbonyl (C=O) groups excluding carboxylic acids is 1. The third kappa shape index (κ3) is 2.36. The van der Waals surface area contributed by atoms with E-state index in [2.05, 4.69) is 10.2 Å². The van der Waals surface area contributed by atoms with Crippen LogP contribution in [0.25, 0.3) is 0 Å². The summed E-state index contributed by atoms with van der Waals surface area (Å²) in [7, 11) is 0. The van der Waals surface area contributed by atoms with Crippen molar-refractivity contribution >= 4 is 23.3 Å². The molecule has 0 saturated carbocycles. The Balaban J connectivity index is 2.31. The van der Waals surface area contributed by atoms with Gasteiger partial charge in [0.25, 0.3) is 0 Å². The van der Waals surface area contributed by atoms with Gasteiger partial charge >= 0.3 is 5.97 Å². The van der Waals surface area contributed by atoms with Crippen molar-refractivity contribution in [2.75, 3.05) is 19.7 Å². The Bertz CT molecular complexity index is 373. The van der Waals surface area contributed by atoms with E-state index >= 15 is 0 Å². The van der Waals surface area contributed by atoms with E-state index in [1.807, 2.05) is 0 Å². The van der Waals surface area contributed by atoms with E-state index in [4.69, 9.17) is 22.7 Å². The minimum Gasteiger partial charge on any atom is -0.461 e. The lowest BCUT2D eigenvalue weighted by Gasteiger charge is -2.42. The van der Waals surface area contributed by atoms with Gasteiger partial charge in [0.15, 0.2) is 5.11 Å². The molecule has 0 aliphatic carbocycles. The number of hydrogen-bond donors (Lipinski definition) is 2. The second-order valence-corrected chi connectivity index (χ2v) is 4.67. The zero-order valence-corrected chi connectivity index (χ0v) is 10.7. The van der Waals surface area contributed by atoms with Gasteiger partial charge in [0.1, 0.15) is 5.70 Å². The number of ether oxygens (including phenoxy) is 1. The predicted molar refractivity (Wildman–Crippen MR) is 67.9 cm³/mol. The Morgan fingerprint density at radius 1 is 1.59 bits per heavy atom. The fourth-order valence-electron chi connectivity index (χ4n) is 2.49. The van der Waals surface area contributed by atoms with Gasteiger partial charge < -0.3 is 20.7 Å². The molecule has 3 aliphatic heterocycles. The summed E-state index contributed by atoms with van der Waals surface area (Å²) >= 11 is 4.86. The molecule has 0 atom stereocenters. The first-order chi connectivity index (χ1) is 8.13. The Hall–Kier alpha value is -1.30. The second-order valence-electron chi connectivity index (χ2n) is 4.23. The van der Waals surface area contributed by atoms with Crippen molar-refractivity contribution in [3.63, 3.8) is 0 Å². The summed E-state index contributed by atoms with van der Waals surface area (Å²) in [4.78, 5) is 14.0. The normalized spacial score (nSPS) is 19.5. The van der Waals surface area contributed by atoms with Crippen molar-refractivity contribution in [1.82, 2.24) is 10.2 Å². The van der Waals surface area contributed by atoms with Crippen LogP contribution in [0.5, 0.6) is 0 Å². The highest BCUT2D eigenvalue weighted by molar-refractivity contribution is 7.80. The van der Waals surface area contributed by atoms with Crippen LogP contribution in [0.2, 0.25) is 0 Å². The van der Waals surface area contributed by atoms with Gasteiger partial charge in [0, 0.05) is 19.0 Å². The lowest BCUT2D eigenvalue weighted by atomic mass is 9.87. The van der Waals surface area contributed by atoms with E-state index in [1.165, 1.54) is 0 Å². The van der Waals surface area contributed by atoms with Crippen molar-refractivity contribution < 1.29 is 9.53 Å². The largest absolute Gasteiger partial charge is 0.461 e. The Kier molecular flexibility index (Phi) is 3.51. The van der Waals surface area contributed by atoms with Crippen molar-refractivity contribution in [2.45, 2.75) is 19.8 Å². The number of carbonyl (C=O) groups is 1. The summed E-state index contributed by atoms with van der Waals surface area (Å²) in [5.41, 5.74) is 6.96. The minimum absolute atomic E-state index is 0.204.